The van der Waals surface area contributed by atoms with Crippen LogP contribution in [-0.4, -0.2) is 26.6 Å². The molecule has 2 aromatic rings. The second-order valence-electron chi connectivity index (χ2n) is 3.88. The fourth-order valence-electron chi connectivity index (χ4n) is 1.61. The third-order valence-corrected chi connectivity index (χ3v) is 2.35. The van der Waals surface area contributed by atoms with Gasteiger partial charge < -0.3 is 15.0 Å². The average molecular weight is 221 g/mol. The zero-order valence-corrected chi connectivity index (χ0v) is 9.64. The lowest BCUT2D eigenvalue weighted by molar-refractivity contribution is 0.182. The van der Waals surface area contributed by atoms with Crippen LogP contribution in [0.4, 0.5) is 5.95 Å². The fraction of sp³-hybridized carbons (Fsp3) is 0.500. The van der Waals surface area contributed by atoms with Crippen molar-refractivity contribution in [3.05, 3.63) is 12.0 Å². The topological polar surface area (TPSA) is 78.8 Å². The summed E-state index contributed by atoms with van der Waals surface area (Å²) in [6.45, 7) is 4.52. The van der Waals surface area contributed by atoms with E-state index in [9.17, 15) is 0 Å². The van der Waals surface area contributed by atoms with Gasteiger partial charge in [0, 0.05) is 13.2 Å². The number of anilines is 1. The van der Waals surface area contributed by atoms with Crippen molar-refractivity contribution in [2.45, 2.75) is 26.5 Å². The third kappa shape index (κ3) is 1.71. The van der Waals surface area contributed by atoms with Crippen molar-refractivity contribution in [1.29, 1.82) is 0 Å². The maximum Gasteiger partial charge on any atom is 0.222 e. The minimum absolute atomic E-state index is 0.252. The molecule has 6 nitrogen and oxygen atoms in total. The Kier molecular flexibility index (Phi) is 2.74. The zero-order valence-electron chi connectivity index (χ0n) is 9.64. The molecule has 0 spiro atoms. The molecule has 0 amide bonds. The monoisotopic (exact) mass is 221 g/mol. The molecular formula is C10H15N5O. The summed E-state index contributed by atoms with van der Waals surface area (Å²) >= 11 is 0. The van der Waals surface area contributed by atoms with Gasteiger partial charge in [-0.2, -0.15) is 4.98 Å². The largest absolute Gasteiger partial charge is 0.378 e. The number of imidazole rings is 1. The van der Waals surface area contributed by atoms with Gasteiger partial charge in [-0.25, -0.2) is 9.97 Å². The SMILES string of the molecule is COCc1nc(N)nc2c1ncn2C(C)C. The molecule has 0 saturated carbocycles. The summed E-state index contributed by atoms with van der Waals surface area (Å²) < 4.78 is 7.03. The first-order valence-corrected chi connectivity index (χ1v) is 5.11. The van der Waals surface area contributed by atoms with E-state index in [0.29, 0.717) is 6.61 Å². The van der Waals surface area contributed by atoms with Crippen LogP contribution in [0.2, 0.25) is 0 Å². The molecule has 0 aliphatic heterocycles. The highest BCUT2D eigenvalue weighted by molar-refractivity contribution is 5.74. The molecule has 0 saturated heterocycles. The van der Waals surface area contributed by atoms with Crippen LogP contribution in [0.5, 0.6) is 0 Å². The van der Waals surface area contributed by atoms with E-state index in [1.54, 1.807) is 13.4 Å². The van der Waals surface area contributed by atoms with E-state index in [1.165, 1.54) is 0 Å². The predicted octanol–water partition coefficient (Wildman–Crippen LogP) is 1.14. The van der Waals surface area contributed by atoms with Gasteiger partial charge in [-0.1, -0.05) is 0 Å². The van der Waals surface area contributed by atoms with E-state index in [2.05, 4.69) is 28.8 Å². The van der Waals surface area contributed by atoms with Gasteiger partial charge in [0.25, 0.3) is 0 Å². The van der Waals surface area contributed by atoms with Gasteiger partial charge >= 0.3 is 0 Å². The lowest BCUT2D eigenvalue weighted by atomic mass is 10.3. The average Bonchev–Trinajstić information content (AvgIpc) is 2.61. The van der Waals surface area contributed by atoms with Crippen LogP contribution in [0.3, 0.4) is 0 Å². The Morgan fingerprint density at radius 3 is 2.81 bits per heavy atom. The molecule has 2 rings (SSSR count). The van der Waals surface area contributed by atoms with Gasteiger partial charge in [0.2, 0.25) is 5.95 Å². The van der Waals surface area contributed by atoms with Crippen LogP contribution in [0.1, 0.15) is 25.6 Å². The molecule has 0 fully saturated rings. The van der Waals surface area contributed by atoms with Crippen molar-refractivity contribution in [1.82, 2.24) is 19.5 Å². The Hall–Kier alpha value is -1.69. The number of aromatic nitrogens is 4. The summed E-state index contributed by atoms with van der Waals surface area (Å²) in [7, 11) is 1.61. The maximum atomic E-state index is 5.66. The number of hydrogen-bond donors (Lipinski definition) is 1. The van der Waals surface area contributed by atoms with Crippen molar-refractivity contribution in [3.63, 3.8) is 0 Å². The highest BCUT2D eigenvalue weighted by atomic mass is 16.5. The number of nitrogens with two attached hydrogens (primary N) is 1. The third-order valence-electron chi connectivity index (χ3n) is 2.35. The lowest BCUT2D eigenvalue weighted by Crippen LogP contribution is -2.05. The van der Waals surface area contributed by atoms with Crippen molar-refractivity contribution < 1.29 is 4.74 Å². The molecule has 0 bridgehead atoms. The minimum atomic E-state index is 0.252. The Balaban J connectivity index is 2.65. The number of hydrogen-bond acceptors (Lipinski definition) is 5. The summed E-state index contributed by atoms with van der Waals surface area (Å²) in [5.74, 6) is 0.252. The molecule has 2 N–H and O–H groups in total. The molecule has 0 aliphatic carbocycles. The quantitative estimate of drug-likeness (QED) is 0.840. The van der Waals surface area contributed by atoms with Crippen LogP contribution in [0.25, 0.3) is 11.2 Å². The molecule has 0 aromatic carbocycles. The van der Waals surface area contributed by atoms with E-state index in [0.717, 1.165) is 16.9 Å². The first kappa shape index (κ1) is 10.8. The number of fused-ring (bicyclic) bond motifs is 1. The minimum Gasteiger partial charge on any atom is -0.378 e. The first-order chi connectivity index (χ1) is 7.63. The Bertz CT molecular complexity index is 505. The number of nitrogens with zero attached hydrogens (tertiary/aromatic N) is 4. The lowest BCUT2D eigenvalue weighted by Gasteiger charge is -2.08. The smallest absolute Gasteiger partial charge is 0.222 e. The van der Waals surface area contributed by atoms with E-state index < -0.39 is 0 Å². The van der Waals surface area contributed by atoms with Gasteiger partial charge in [-0.15, -0.1) is 0 Å². The van der Waals surface area contributed by atoms with Crippen molar-refractivity contribution in [3.8, 4) is 0 Å². The summed E-state index contributed by atoms with van der Waals surface area (Å²) in [6, 6.07) is 0.287. The molecule has 0 unspecified atom stereocenters. The van der Waals surface area contributed by atoms with Crippen molar-refractivity contribution in [2.75, 3.05) is 12.8 Å². The summed E-state index contributed by atoms with van der Waals surface area (Å²) in [4.78, 5) is 12.6. The number of nitrogen functional groups attached to an aromatic ring is 1. The second kappa shape index (κ2) is 4.05. The standard InChI is InChI=1S/C10H15N5O/c1-6(2)15-5-12-8-7(4-16-3)13-10(11)14-9(8)15/h5-6H,4H2,1-3H3,(H2,11,13,14). The van der Waals surface area contributed by atoms with Gasteiger partial charge in [-0.3, -0.25) is 0 Å². The summed E-state index contributed by atoms with van der Waals surface area (Å²) in [6.07, 6.45) is 1.75. The molecule has 0 radical (unpaired) electrons. The van der Waals surface area contributed by atoms with Crippen molar-refractivity contribution in [2.24, 2.45) is 0 Å². The fourth-order valence-corrected chi connectivity index (χ4v) is 1.61. The van der Waals surface area contributed by atoms with Crippen LogP contribution in [0.15, 0.2) is 6.33 Å². The second-order valence-corrected chi connectivity index (χ2v) is 3.88. The van der Waals surface area contributed by atoms with E-state index in [1.807, 2.05) is 4.57 Å². The molecule has 0 atom stereocenters. The Labute approximate surface area is 93.5 Å². The molecule has 2 heterocycles. The molecule has 16 heavy (non-hydrogen) atoms. The highest BCUT2D eigenvalue weighted by Crippen LogP contribution is 2.19. The summed E-state index contributed by atoms with van der Waals surface area (Å²) in [5.41, 5.74) is 7.90. The maximum absolute atomic E-state index is 5.66. The van der Waals surface area contributed by atoms with Crippen LogP contribution >= 0.6 is 0 Å². The molecular weight excluding hydrogens is 206 g/mol. The van der Waals surface area contributed by atoms with Gasteiger partial charge in [0.15, 0.2) is 5.65 Å². The molecule has 0 aliphatic rings. The first-order valence-electron chi connectivity index (χ1n) is 5.11. The van der Waals surface area contributed by atoms with Crippen LogP contribution in [-0.2, 0) is 11.3 Å². The van der Waals surface area contributed by atoms with E-state index >= 15 is 0 Å². The highest BCUT2D eigenvalue weighted by Gasteiger charge is 2.13. The Morgan fingerprint density at radius 1 is 1.44 bits per heavy atom. The van der Waals surface area contributed by atoms with E-state index in [4.69, 9.17) is 10.5 Å². The van der Waals surface area contributed by atoms with Crippen LogP contribution in [0, 0.1) is 0 Å². The van der Waals surface area contributed by atoms with Crippen LogP contribution < -0.4 is 5.73 Å². The van der Waals surface area contributed by atoms with Crippen molar-refractivity contribution >= 4 is 17.1 Å². The Morgan fingerprint density at radius 2 is 2.19 bits per heavy atom. The zero-order chi connectivity index (χ0) is 11.7. The predicted molar refractivity (Wildman–Crippen MR) is 60.8 cm³/mol. The van der Waals surface area contributed by atoms with Gasteiger partial charge in [-0.05, 0) is 13.8 Å². The van der Waals surface area contributed by atoms with Gasteiger partial charge in [0.1, 0.15) is 5.52 Å². The molecule has 86 valence electrons. The molecule has 2 aromatic heterocycles. The summed E-state index contributed by atoms with van der Waals surface area (Å²) in [5, 5.41) is 0. The van der Waals surface area contributed by atoms with Gasteiger partial charge in [0.05, 0.1) is 18.6 Å². The van der Waals surface area contributed by atoms with E-state index in [-0.39, 0.29) is 12.0 Å². The molecule has 6 heteroatoms. The number of rotatable bonds is 3. The number of methoxy groups -OCH3 is 1. The normalized spacial score (nSPS) is 11.5. The number of ether oxygens (including phenoxy) is 1.